The molecule has 0 fully saturated rings. The number of nitrogens with one attached hydrogen (secondary N) is 1. The SMILES string of the molecule is COc1ccc(CNC(C)c2cccc(F)c2)c(O)c1. The summed E-state index contributed by atoms with van der Waals surface area (Å²) in [5.41, 5.74) is 1.65. The third-order valence-electron chi connectivity index (χ3n) is 3.24. The Morgan fingerprint density at radius 2 is 2.05 bits per heavy atom. The molecular formula is C16H18FNO2. The van der Waals surface area contributed by atoms with Gasteiger partial charge in [0.15, 0.2) is 0 Å². The molecule has 106 valence electrons. The molecule has 0 spiro atoms. The minimum atomic E-state index is -0.247. The Morgan fingerprint density at radius 1 is 1.25 bits per heavy atom. The lowest BCUT2D eigenvalue weighted by Gasteiger charge is -2.15. The van der Waals surface area contributed by atoms with Crippen LogP contribution in [0.1, 0.15) is 24.1 Å². The summed E-state index contributed by atoms with van der Waals surface area (Å²) in [6.45, 7) is 2.45. The maximum atomic E-state index is 13.2. The Balaban J connectivity index is 2.01. The molecule has 0 radical (unpaired) electrons. The number of ether oxygens (including phenoxy) is 1. The highest BCUT2D eigenvalue weighted by Gasteiger charge is 2.08. The van der Waals surface area contributed by atoms with E-state index in [1.54, 1.807) is 31.4 Å². The van der Waals surface area contributed by atoms with E-state index < -0.39 is 0 Å². The Kier molecular flexibility index (Phi) is 4.58. The highest BCUT2D eigenvalue weighted by atomic mass is 19.1. The van der Waals surface area contributed by atoms with Crippen LogP contribution in [0.4, 0.5) is 4.39 Å². The van der Waals surface area contributed by atoms with Gasteiger partial charge >= 0.3 is 0 Å². The quantitative estimate of drug-likeness (QED) is 0.879. The highest BCUT2D eigenvalue weighted by Crippen LogP contribution is 2.24. The van der Waals surface area contributed by atoms with E-state index in [-0.39, 0.29) is 17.6 Å². The fraction of sp³-hybridized carbons (Fsp3) is 0.250. The second kappa shape index (κ2) is 6.39. The molecule has 2 aromatic carbocycles. The molecular weight excluding hydrogens is 257 g/mol. The Morgan fingerprint density at radius 3 is 2.70 bits per heavy atom. The average Bonchev–Trinajstić information content (AvgIpc) is 2.45. The molecule has 2 N–H and O–H groups in total. The summed E-state index contributed by atoms with van der Waals surface area (Å²) in [7, 11) is 1.55. The Hall–Kier alpha value is -2.07. The molecule has 0 saturated carbocycles. The fourth-order valence-electron chi connectivity index (χ4n) is 1.98. The predicted molar refractivity (Wildman–Crippen MR) is 76.3 cm³/mol. The second-order valence-corrected chi connectivity index (χ2v) is 4.65. The van der Waals surface area contributed by atoms with Crippen LogP contribution < -0.4 is 10.1 Å². The lowest BCUT2D eigenvalue weighted by atomic mass is 10.1. The third kappa shape index (κ3) is 3.48. The molecule has 1 atom stereocenters. The van der Waals surface area contributed by atoms with E-state index in [1.165, 1.54) is 12.1 Å². The Labute approximate surface area is 118 Å². The van der Waals surface area contributed by atoms with Crippen molar-refractivity contribution >= 4 is 0 Å². The van der Waals surface area contributed by atoms with E-state index in [9.17, 15) is 9.50 Å². The summed E-state index contributed by atoms with van der Waals surface area (Å²) in [4.78, 5) is 0. The molecule has 3 nitrogen and oxygen atoms in total. The maximum absolute atomic E-state index is 13.2. The highest BCUT2D eigenvalue weighted by molar-refractivity contribution is 5.39. The Bertz CT molecular complexity index is 586. The molecule has 0 aliphatic heterocycles. The first-order valence-corrected chi connectivity index (χ1v) is 6.45. The van der Waals surface area contributed by atoms with Crippen LogP contribution in [0.5, 0.6) is 11.5 Å². The molecule has 0 aliphatic rings. The predicted octanol–water partition coefficient (Wildman–Crippen LogP) is 3.39. The van der Waals surface area contributed by atoms with Gasteiger partial charge in [0, 0.05) is 24.2 Å². The van der Waals surface area contributed by atoms with Crippen molar-refractivity contribution in [2.75, 3.05) is 7.11 Å². The fourth-order valence-corrected chi connectivity index (χ4v) is 1.98. The lowest BCUT2D eigenvalue weighted by molar-refractivity contribution is 0.405. The van der Waals surface area contributed by atoms with Gasteiger partial charge in [-0.1, -0.05) is 18.2 Å². The van der Waals surface area contributed by atoms with Crippen molar-refractivity contribution < 1.29 is 14.2 Å². The van der Waals surface area contributed by atoms with Crippen molar-refractivity contribution in [2.24, 2.45) is 0 Å². The number of hydrogen-bond donors (Lipinski definition) is 2. The number of benzene rings is 2. The first-order chi connectivity index (χ1) is 9.60. The lowest BCUT2D eigenvalue weighted by Crippen LogP contribution is -2.18. The van der Waals surface area contributed by atoms with Gasteiger partial charge in [-0.3, -0.25) is 0 Å². The van der Waals surface area contributed by atoms with Crippen molar-refractivity contribution in [3.63, 3.8) is 0 Å². The summed E-state index contributed by atoms with van der Waals surface area (Å²) >= 11 is 0. The summed E-state index contributed by atoms with van der Waals surface area (Å²) in [6.07, 6.45) is 0. The van der Waals surface area contributed by atoms with E-state index in [0.717, 1.165) is 11.1 Å². The van der Waals surface area contributed by atoms with Crippen molar-refractivity contribution in [3.8, 4) is 11.5 Å². The molecule has 2 aromatic rings. The van der Waals surface area contributed by atoms with Crippen molar-refractivity contribution in [1.82, 2.24) is 5.32 Å². The van der Waals surface area contributed by atoms with Gasteiger partial charge in [0.05, 0.1) is 7.11 Å². The largest absolute Gasteiger partial charge is 0.507 e. The van der Waals surface area contributed by atoms with Gasteiger partial charge in [0.2, 0.25) is 0 Å². The zero-order valence-corrected chi connectivity index (χ0v) is 11.6. The molecule has 0 aromatic heterocycles. The van der Waals surface area contributed by atoms with Crippen LogP contribution in [0.3, 0.4) is 0 Å². The monoisotopic (exact) mass is 275 g/mol. The number of rotatable bonds is 5. The normalized spacial score (nSPS) is 12.2. The van der Waals surface area contributed by atoms with Crippen LogP contribution in [0.2, 0.25) is 0 Å². The van der Waals surface area contributed by atoms with Crippen molar-refractivity contribution in [1.29, 1.82) is 0 Å². The summed E-state index contributed by atoms with van der Waals surface area (Å²) in [5.74, 6) is 0.552. The van der Waals surface area contributed by atoms with Gasteiger partial charge in [0.1, 0.15) is 17.3 Å². The number of phenols is 1. The molecule has 0 amide bonds. The van der Waals surface area contributed by atoms with Gasteiger partial charge in [0.25, 0.3) is 0 Å². The molecule has 1 unspecified atom stereocenters. The minimum absolute atomic E-state index is 0.00722. The number of aromatic hydroxyl groups is 1. The number of halogens is 1. The summed E-state index contributed by atoms with van der Waals surface area (Å²) in [5, 5.41) is 13.1. The zero-order valence-electron chi connectivity index (χ0n) is 11.6. The van der Waals surface area contributed by atoms with Gasteiger partial charge in [-0.05, 0) is 30.7 Å². The van der Waals surface area contributed by atoms with E-state index >= 15 is 0 Å². The number of hydrogen-bond acceptors (Lipinski definition) is 3. The zero-order chi connectivity index (χ0) is 14.5. The standard InChI is InChI=1S/C16H18FNO2/c1-11(12-4-3-5-14(17)8-12)18-10-13-6-7-15(20-2)9-16(13)19/h3-9,11,18-19H,10H2,1-2H3. The van der Waals surface area contributed by atoms with E-state index in [2.05, 4.69) is 5.32 Å². The van der Waals surface area contributed by atoms with E-state index in [1.807, 2.05) is 13.0 Å². The third-order valence-corrected chi connectivity index (χ3v) is 3.24. The molecule has 2 rings (SSSR count). The van der Waals surface area contributed by atoms with Crippen molar-refractivity contribution in [3.05, 3.63) is 59.4 Å². The van der Waals surface area contributed by atoms with Crippen LogP contribution in [-0.2, 0) is 6.54 Å². The minimum Gasteiger partial charge on any atom is -0.507 e. The molecule has 0 aliphatic carbocycles. The van der Waals surface area contributed by atoms with Crippen LogP contribution in [-0.4, -0.2) is 12.2 Å². The van der Waals surface area contributed by atoms with Crippen LogP contribution in [0, 0.1) is 5.82 Å². The average molecular weight is 275 g/mol. The molecule has 20 heavy (non-hydrogen) atoms. The van der Waals surface area contributed by atoms with Gasteiger partial charge < -0.3 is 15.2 Å². The smallest absolute Gasteiger partial charge is 0.123 e. The molecule has 0 bridgehead atoms. The first-order valence-electron chi connectivity index (χ1n) is 6.45. The van der Waals surface area contributed by atoms with Crippen molar-refractivity contribution in [2.45, 2.75) is 19.5 Å². The summed E-state index contributed by atoms with van der Waals surface area (Å²) < 4.78 is 18.2. The van der Waals surface area contributed by atoms with Crippen LogP contribution in [0.25, 0.3) is 0 Å². The molecule has 4 heteroatoms. The maximum Gasteiger partial charge on any atom is 0.123 e. The summed E-state index contributed by atoms with van der Waals surface area (Å²) in [6, 6.07) is 11.7. The van der Waals surface area contributed by atoms with Gasteiger partial charge in [-0.25, -0.2) is 4.39 Å². The van der Waals surface area contributed by atoms with E-state index in [4.69, 9.17) is 4.74 Å². The number of methoxy groups -OCH3 is 1. The molecule has 0 heterocycles. The molecule has 0 saturated heterocycles. The van der Waals surface area contributed by atoms with Crippen LogP contribution >= 0.6 is 0 Å². The van der Waals surface area contributed by atoms with Gasteiger partial charge in [-0.2, -0.15) is 0 Å². The number of phenolic OH excluding ortho intramolecular Hbond substituents is 1. The van der Waals surface area contributed by atoms with Crippen LogP contribution in [0.15, 0.2) is 42.5 Å². The second-order valence-electron chi connectivity index (χ2n) is 4.65. The first kappa shape index (κ1) is 14.3. The van der Waals surface area contributed by atoms with Gasteiger partial charge in [-0.15, -0.1) is 0 Å². The topological polar surface area (TPSA) is 41.5 Å². The van der Waals surface area contributed by atoms with E-state index in [0.29, 0.717) is 12.3 Å².